The van der Waals surface area contributed by atoms with E-state index < -0.39 is 0 Å². The molecule has 5 rings (SSSR count). The number of aliphatic hydroxyl groups excluding tert-OH is 2. The van der Waals surface area contributed by atoms with Crippen LogP contribution in [0.4, 0.5) is 0 Å². The normalized spacial score (nSPS) is 56.2. The first kappa shape index (κ1) is 23.4. The standard InChI is InChI=1S/C30H50O2/c1-25(2)15-16-27(5)20(17-25)19-9-10-22-28(6)13-12-23(31)26(3,4)21(28)11-14-29(22,7)30(19,8)18-24(27)32/h9,20-24,31-32H,10-18H2,1-8H3/t20-,21-,22+,23+,24+,27+,28+,29-,30-/m1/s1. The molecule has 4 saturated carbocycles. The molecule has 2 heteroatoms. The third kappa shape index (κ3) is 2.72. The van der Waals surface area contributed by atoms with Gasteiger partial charge in [0.15, 0.2) is 0 Å². The van der Waals surface area contributed by atoms with E-state index in [1.165, 1.54) is 32.1 Å². The van der Waals surface area contributed by atoms with E-state index in [1.807, 2.05) is 0 Å². The minimum Gasteiger partial charge on any atom is -0.393 e. The van der Waals surface area contributed by atoms with E-state index in [-0.39, 0.29) is 39.3 Å². The van der Waals surface area contributed by atoms with E-state index in [4.69, 9.17) is 0 Å². The molecule has 0 bridgehead atoms. The molecule has 4 fully saturated rings. The molecule has 0 unspecified atom stereocenters. The minimum atomic E-state index is -0.198. The highest BCUT2D eigenvalue weighted by Gasteiger charge is 2.69. The average Bonchev–Trinajstić information content (AvgIpc) is 2.68. The SMILES string of the molecule is CC1(C)CC[C@@]2(C)[C@H](C1)C1=CC[C@H]3[C@@]4(C)CC[C@H](O)C(C)(C)[C@H]4CC[C@@]3(C)[C@]1(C)C[C@@H]2O. The van der Waals surface area contributed by atoms with Gasteiger partial charge in [-0.2, -0.15) is 0 Å². The van der Waals surface area contributed by atoms with Crippen molar-refractivity contribution in [3.05, 3.63) is 11.6 Å². The first-order valence-electron chi connectivity index (χ1n) is 13.7. The molecule has 0 radical (unpaired) electrons. The van der Waals surface area contributed by atoms with Crippen molar-refractivity contribution < 1.29 is 10.2 Å². The van der Waals surface area contributed by atoms with Crippen LogP contribution >= 0.6 is 0 Å². The lowest BCUT2D eigenvalue weighted by molar-refractivity contribution is -0.213. The topological polar surface area (TPSA) is 40.5 Å². The first-order chi connectivity index (χ1) is 14.6. The maximum absolute atomic E-state index is 11.7. The fourth-order valence-corrected chi connectivity index (χ4v) is 10.6. The predicted octanol–water partition coefficient (Wildman–Crippen LogP) is 7.14. The van der Waals surface area contributed by atoms with Crippen LogP contribution in [0.15, 0.2) is 11.6 Å². The van der Waals surface area contributed by atoms with Crippen molar-refractivity contribution in [3.63, 3.8) is 0 Å². The fourth-order valence-electron chi connectivity index (χ4n) is 10.6. The zero-order valence-corrected chi connectivity index (χ0v) is 22.2. The summed E-state index contributed by atoms with van der Waals surface area (Å²) in [5.41, 5.74) is 2.71. The Hall–Kier alpha value is -0.340. The lowest BCUT2D eigenvalue weighted by Crippen LogP contribution is -2.66. The van der Waals surface area contributed by atoms with E-state index >= 15 is 0 Å². The van der Waals surface area contributed by atoms with Gasteiger partial charge in [-0.25, -0.2) is 0 Å². The van der Waals surface area contributed by atoms with Crippen LogP contribution in [0.25, 0.3) is 0 Å². The maximum atomic E-state index is 11.7. The third-order valence-electron chi connectivity index (χ3n) is 13.1. The molecular formula is C30H50O2. The maximum Gasteiger partial charge on any atom is 0.0608 e. The fraction of sp³-hybridized carbons (Fsp3) is 0.933. The van der Waals surface area contributed by atoms with Gasteiger partial charge >= 0.3 is 0 Å². The zero-order valence-electron chi connectivity index (χ0n) is 22.2. The van der Waals surface area contributed by atoms with E-state index in [1.54, 1.807) is 5.57 Å². The molecule has 182 valence electrons. The summed E-state index contributed by atoms with van der Waals surface area (Å²) in [7, 11) is 0. The number of rotatable bonds is 0. The highest BCUT2D eigenvalue weighted by molar-refractivity contribution is 5.34. The predicted molar refractivity (Wildman–Crippen MR) is 132 cm³/mol. The number of allylic oxidation sites excluding steroid dienone is 2. The van der Waals surface area contributed by atoms with Crippen molar-refractivity contribution in [2.24, 2.45) is 50.2 Å². The lowest BCUT2D eigenvalue weighted by atomic mass is 9.33. The summed E-state index contributed by atoms with van der Waals surface area (Å²) in [5, 5.41) is 22.6. The average molecular weight is 443 g/mol. The molecule has 0 spiro atoms. The van der Waals surface area contributed by atoms with Crippen molar-refractivity contribution in [2.45, 2.75) is 125 Å². The summed E-state index contributed by atoms with van der Waals surface area (Å²) in [6.07, 6.45) is 12.6. The Morgan fingerprint density at radius 1 is 0.719 bits per heavy atom. The smallest absolute Gasteiger partial charge is 0.0608 e. The lowest BCUT2D eigenvalue weighted by Gasteiger charge is -2.72. The van der Waals surface area contributed by atoms with Crippen LogP contribution in [-0.2, 0) is 0 Å². The van der Waals surface area contributed by atoms with Crippen molar-refractivity contribution in [1.29, 1.82) is 0 Å². The van der Waals surface area contributed by atoms with Crippen LogP contribution < -0.4 is 0 Å². The molecule has 9 atom stereocenters. The number of hydrogen-bond donors (Lipinski definition) is 2. The Morgan fingerprint density at radius 3 is 2.09 bits per heavy atom. The largest absolute Gasteiger partial charge is 0.393 e. The monoisotopic (exact) mass is 442 g/mol. The van der Waals surface area contributed by atoms with E-state index in [2.05, 4.69) is 61.5 Å². The Bertz CT molecular complexity index is 825. The Labute approximate surface area is 197 Å². The van der Waals surface area contributed by atoms with Crippen molar-refractivity contribution in [2.75, 3.05) is 0 Å². The molecule has 0 aliphatic heterocycles. The molecule has 32 heavy (non-hydrogen) atoms. The van der Waals surface area contributed by atoms with Gasteiger partial charge in [0, 0.05) is 5.41 Å². The van der Waals surface area contributed by atoms with Crippen molar-refractivity contribution in [3.8, 4) is 0 Å². The van der Waals surface area contributed by atoms with Crippen molar-refractivity contribution >= 4 is 0 Å². The molecule has 2 N–H and O–H groups in total. The Balaban J connectivity index is 1.60. The van der Waals surface area contributed by atoms with Crippen LogP contribution in [0.1, 0.15) is 113 Å². The van der Waals surface area contributed by atoms with Gasteiger partial charge in [0.1, 0.15) is 0 Å². The number of fused-ring (bicyclic) bond motifs is 7. The second-order valence-corrected chi connectivity index (χ2v) is 15.3. The highest BCUT2D eigenvalue weighted by atomic mass is 16.3. The van der Waals surface area contributed by atoms with Gasteiger partial charge in [-0.3, -0.25) is 0 Å². The molecule has 0 aromatic heterocycles. The van der Waals surface area contributed by atoms with E-state index in [0.29, 0.717) is 23.2 Å². The molecule has 0 heterocycles. The summed E-state index contributed by atoms with van der Waals surface area (Å²) in [6.45, 7) is 19.7. The van der Waals surface area contributed by atoms with Gasteiger partial charge in [0.2, 0.25) is 0 Å². The van der Waals surface area contributed by atoms with E-state index in [9.17, 15) is 10.2 Å². The molecule has 0 amide bonds. The summed E-state index contributed by atoms with van der Waals surface area (Å²) in [6, 6.07) is 0. The van der Waals surface area contributed by atoms with Gasteiger partial charge in [0.05, 0.1) is 12.2 Å². The molecule has 0 saturated heterocycles. The first-order valence-corrected chi connectivity index (χ1v) is 13.7. The second kappa shape index (κ2) is 6.66. The second-order valence-electron chi connectivity index (χ2n) is 15.3. The van der Waals surface area contributed by atoms with Gasteiger partial charge in [0.25, 0.3) is 0 Å². The van der Waals surface area contributed by atoms with Gasteiger partial charge in [-0.05, 0) is 103 Å². The van der Waals surface area contributed by atoms with Crippen molar-refractivity contribution in [1.82, 2.24) is 0 Å². The van der Waals surface area contributed by atoms with Crippen LogP contribution in [0, 0.1) is 50.2 Å². The number of hydrogen-bond acceptors (Lipinski definition) is 2. The highest BCUT2D eigenvalue weighted by Crippen LogP contribution is 2.75. The van der Waals surface area contributed by atoms with E-state index in [0.717, 1.165) is 25.7 Å². The van der Waals surface area contributed by atoms with Crippen LogP contribution in [0.5, 0.6) is 0 Å². The summed E-state index contributed by atoms with van der Waals surface area (Å²) < 4.78 is 0. The summed E-state index contributed by atoms with van der Waals surface area (Å²) >= 11 is 0. The molecule has 0 aromatic carbocycles. The Kier molecular flexibility index (Phi) is 4.87. The van der Waals surface area contributed by atoms with Crippen LogP contribution in [-0.4, -0.2) is 22.4 Å². The zero-order chi connectivity index (χ0) is 23.5. The molecular weight excluding hydrogens is 392 g/mol. The van der Waals surface area contributed by atoms with Crippen LogP contribution in [0.2, 0.25) is 0 Å². The van der Waals surface area contributed by atoms with Gasteiger partial charge < -0.3 is 10.2 Å². The molecule has 2 nitrogen and oxygen atoms in total. The molecule has 0 aromatic rings. The minimum absolute atomic E-state index is 0.00271. The third-order valence-corrected chi connectivity index (χ3v) is 13.1. The molecule has 5 aliphatic rings. The quantitative estimate of drug-likeness (QED) is 0.391. The van der Waals surface area contributed by atoms with Gasteiger partial charge in [-0.1, -0.05) is 67.0 Å². The molecule has 5 aliphatic carbocycles. The summed E-state index contributed by atoms with van der Waals surface area (Å²) in [4.78, 5) is 0. The summed E-state index contributed by atoms with van der Waals surface area (Å²) in [5.74, 6) is 1.75. The number of aliphatic hydroxyl groups is 2. The van der Waals surface area contributed by atoms with Gasteiger partial charge in [-0.15, -0.1) is 0 Å². The Morgan fingerprint density at radius 2 is 1.41 bits per heavy atom. The van der Waals surface area contributed by atoms with Crippen LogP contribution in [0.3, 0.4) is 0 Å².